The van der Waals surface area contributed by atoms with Gasteiger partial charge in [-0.2, -0.15) is 0 Å². The molecule has 2 aliphatic rings. The number of anilines is 1. The molecule has 1 aromatic carbocycles. The zero-order valence-corrected chi connectivity index (χ0v) is 11.6. The number of hydrogen-bond acceptors (Lipinski definition) is 4. The number of para-hydroxylation sites is 1. The van der Waals surface area contributed by atoms with Crippen LogP contribution in [0, 0.1) is 11.2 Å². The van der Waals surface area contributed by atoms with Crippen molar-refractivity contribution in [2.45, 2.75) is 0 Å². The van der Waals surface area contributed by atoms with E-state index in [1.165, 1.54) is 6.07 Å². The lowest BCUT2D eigenvalue weighted by molar-refractivity contribution is -0.148. The number of aliphatic hydroxyl groups is 1. The van der Waals surface area contributed by atoms with Crippen molar-refractivity contribution in [1.29, 1.82) is 0 Å². The molecule has 5 heteroatoms. The van der Waals surface area contributed by atoms with Crippen LogP contribution in [0.15, 0.2) is 24.3 Å². The maximum atomic E-state index is 13.8. The molecule has 1 N–H and O–H groups in total. The van der Waals surface area contributed by atoms with E-state index < -0.39 is 0 Å². The Bertz CT molecular complexity index is 451. The van der Waals surface area contributed by atoms with E-state index in [1.54, 1.807) is 6.07 Å². The van der Waals surface area contributed by atoms with E-state index in [9.17, 15) is 9.50 Å². The van der Waals surface area contributed by atoms with Gasteiger partial charge in [0, 0.05) is 32.7 Å². The van der Waals surface area contributed by atoms with Crippen LogP contribution in [0.2, 0.25) is 0 Å². The third-order valence-electron chi connectivity index (χ3n) is 4.28. The van der Waals surface area contributed by atoms with Gasteiger partial charge < -0.3 is 14.7 Å². The molecule has 0 bridgehead atoms. The molecular formula is C15H21FN2O2. The fraction of sp³-hybridized carbons (Fsp3) is 0.600. The fourth-order valence-corrected chi connectivity index (χ4v) is 2.95. The lowest BCUT2D eigenvalue weighted by atomic mass is 9.86. The first kappa shape index (κ1) is 13.8. The monoisotopic (exact) mass is 280 g/mol. The van der Waals surface area contributed by atoms with Crippen molar-refractivity contribution < 1.29 is 14.2 Å². The van der Waals surface area contributed by atoms with Crippen LogP contribution >= 0.6 is 0 Å². The third kappa shape index (κ3) is 2.66. The summed E-state index contributed by atoms with van der Waals surface area (Å²) in [7, 11) is 0. The minimum absolute atomic E-state index is 0.0693. The fourth-order valence-electron chi connectivity index (χ4n) is 2.95. The third-order valence-corrected chi connectivity index (χ3v) is 4.28. The van der Waals surface area contributed by atoms with E-state index in [0.717, 1.165) is 32.7 Å². The number of benzene rings is 1. The zero-order valence-electron chi connectivity index (χ0n) is 11.6. The molecule has 2 fully saturated rings. The van der Waals surface area contributed by atoms with E-state index in [-0.39, 0.29) is 17.8 Å². The molecule has 0 unspecified atom stereocenters. The normalized spacial score (nSPS) is 22.6. The van der Waals surface area contributed by atoms with Crippen molar-refractivity contribution in [2.24, 2.45) is 5.41 Å². The Kier molecular flexibility index (Phi) is 3.92. The van der Waals surface area contributed by atoms with Gasteiger partial charge >= 0.3 is 0 Å². The first-order valence-electron chi connectivity index (χ1n) is 7.13. The summed E-state index contributed by atoms with van der Waals surface area (Å²) in [6.07, 6.45) is 0. The maximum Gasteiger partial charge on any atom is 0.146 e. The van der Waals surface area contributed by atoms with Gasteiger partial charge in [-0.15, -0.1) is 0 Å². The van der Waals surface area contributed by atoms with E-state index in [2.05, 4.69) is 9.80 Å². The molecule has 4 nitrogen and oxygen atoms in total. The number of hydrogen-bond donors (Lipinski definition) is 1. The van der Waals surface area contributed by atoms with E-state index >= 15 is 0 Å². The van der Waals surface area contributed by atoms with E-state index in [4.69, 9.17) is 4.74 Å². The van der Waals surface area contributed by atoms with Gasteiger partial charge in [-0.1, -0.05) is 12.1 Å². The highest BCUT2D eigenvalue weighted by atomic mass is 19.1. The summed E-state index contributed by atoms with van der Waals surface area (Å²) in [5, 5.41) is 9.47. The highest BCUT2D eigenvalue weighted by Crippen LogP contribution is 2.29. The molecule has 2 heterocycles. The lowest BCUT2D eigenvalue weighted by Gasteiger charge is -2.45. The van der Waals surface area contributed by atoms with Crippen LogP contribution in [0.25, 0.3) is 0 Å². The van der Waals surface area contributed by atoms with Crippen molar-refractivity contribution >= 4 is 5.69 Å². The Morgan fingerprint density at radius 3 is 2.40 bits per heavy atom. The number of aliphatic hydroxyl groups excluding tert-OH is 1. The lowest BCUT2D eigenvalue weighted by Crippen LogP contribution is -2.57. The summed E-state index contributed by atoms with van der Waals surface area (Å²) < 4.78 is 19.0. The smallest absolute Gasteiger partial charge is 0.146 e. The Labute approximate surface area is 118 Å². The molecule has 0 atom stereocenters. The largest absolute Gasteiger partial charge is 0.396 e. The molecular weight excluding hydrogens is 259 g/mol. The van der Waals surface area contributed by atoms with Gasteiger partial charge in [0.1, 0.15) is 5.82 Å². The molecule has 2 aliphatic heterocycles. The number of nitrogens with zero attached hydrogens (tertiary/aromatic N) is 2. The van der Waals surface area contributed by atoms with Gasteiger partial charge in [-0.05, 0) is 12.1 Å². The molecule has 20 heavy (non-hydrogen) atoms. The summed E-state index contributed by atoms with van der Waals surface area (Å²) in [4.78, 5) is 4.44. The predicted octanol–water partition coefficient (Wildman–Crippen LogP) is 0.957. The van der Waals surface area contributed by atoms with Crippen molar-refractivity contribution in [1.82, 2.24) is 4.90 Å². The van der Waals surface area contributed by atoms with Gasteiger partial charge in [-0.25, -0.2) is 4.39 Å². The SMILES string of the molecule is OCC1(CN2CCN(c3ccccc3F)CC2)COC1. The predicted molar refractivity (Wildman–Crippen MR) is 75.4 cm³/mol. The average Bonchev–Trinajstić information content (AvgIpc) is 2.44. The second-order valence-electron chi connectivity index (χ2n) is 5.87. The first-order chi connectivity index (χ1) is 9.72. The quantitative estimate of drug-likeness (QED) is 0.891. The highest BCUT2D eigenvalue weighted by molar-refractivity contribution is 5.47. The number of piperazine rings is 1. The molecule has 2 saturated heterocycles. The number of halogens is 1. The highest BCUT2D eigenvalue weighted by Gasteiger charge is 2.40. The second kappa shape index (κ2) is 5.68. The zero-order chi connectivity index (χ0) is 14.0. The number of ether oxygens (including phenoxy) is 1. The van der Waals surface area contributed by atoms with Gasteiger partial charge in [0.2, 0.25) is 0 Å². The Balaban J connectivity index is 1.56. The van der Waals surface area contributed by atoms with Crippen LogP contribution in [-0.2, 0) is 4.74 Å². The Morgan fingerprint density at radius 2 is 1.85 bits per heavy atom. The average molecular weight is 280 g/mol. The summed E-state index contributed by atoms with van der Waals surface area (Å²) in [6.45, 7) is 5.79. The minimum atomic E-state index is -0.153. The summed E-state index contributed by atoms with van der Waals surface area (Å²) >= 11 is 0. The molecule has 0 radical (unpaired) electrons. The van der Waals surface area contributed by atoms with Crippen LogP contribution < -0.4 is 4.90 Å². The Hall–Kier alpha value is -1.17. The van der Waals surface area contributed by atoms with Gasteiger partial charge in [0.25, 0.3) is 0 Å². The molecule has 0 aliphatic carbocycles. The molecule has 0 aromatic heterocycles. The summed E-state index contributed by atoms with van der Waals surface area (Å²) in [5.74, 6) is -0.153. The van der Waals surface area contributed by atoms with Gasteiger partial charge in [0.15, 0.2) is 0 Å². The standard InChI is InChI=1S/C15H21FN2O2/c16-13-3-1-2-4-14(13)18-7-5-17(6-8-18)9-15(10-19)11-20-12-15/h1-4,19H,5-12H2. The summed E-state index contributed by atoms with van der Waals surface area (Å²) in [6, 6.07) is 6.93. The number of rotatable bonds is 4. The Morgan fingerprint density at radius 1 is 1.15 bits per heavy atom. The van der Waals surface area contributed by atoms with Gasteiger partial charge in [0.05, 0.1) is 30.9 Å². The maximum absolute atomic E-state index is 13.8. The molecule has 0 amide bonds. The second-order valence-corrected chi connectivity index (χ2v) is 5.87. The van der Waals surface area contributed by atoms with Crippen molar-refractivity contribution in [2.75, 3.05) is 57.4 Å². The topological polar surface area (TPSA) is 35.9 Å². The molecule has 1 aromatic rings. The van der Waals surface area contributed by atoms with Crippen molar-refractivity contribution in [3.63, 3.8) is 0 Å². The molecule has 110 valence electrons. The van der Waals surface area contributed by atoms with Gasteiger partial charge in [-0.3, -0.25) is 4.90 Å². The van der Waals surface area contributed by atoms with Crippen LogP contribution in [-0.4, -0.2) is 62.6 Å². The molecule has 3 rings (SSSR count). The minimum Gasteiger partial charge on any atom is -0.396 e. The van der Waals surface area contributed by atoms with Crippen molar-refractivity contribution in [3.05, 3.63) is 30.1 Å². The van der Waals surface area contributed by atoms with Crippen LogP contribution in [0.1, 0.15) is 0 Å². The molecule has 0 saturated carbocycles. The first-order valence-corrected chi connectivity index (χ1v) is 7.13. The van der Waals surface area contributed by atoms with Crippen molar-refractivity contribution in [3.8, 4) is 0 Å². The van der Waals surface area contributed by atoms with Crippen LogP contribution in [0.5, 0.6) is 0 Å². The van der Waals surface area contributed by atoms with Crippen LogP contribution in [0.3, 0.4) is 0 Å². The van der Waals surface area contributed by atoms with E-state index in [0.29, 0.717) is 18.9 Å². The van der Waals surface area contributed by atoms with Crippen LogP contribution in [0.4, 0.5) is 10.1 Å². The summed E-state index contributed by atoms with van der Waals surface area (Å²) in [5.41, 5.74) is 0.621. The van der Waals surface area contributed by atoms with E-state index in [1.807, 2.05) is 12.1 Å². The molecule has 0 spiro atoms.